The molecule has 0 heterocycles. The molecule has 0 N–H and O–H groups in total. The summed E-state index contributed by atoms with van der Waals surface area (Å²) in [4.78, 5) is 9.79. The minimum absolute atomic E-state index is 0.0833. The molecule has 0 radical (unpaired) electrons. The zero-order valence-electron chi connectivity index (χ0n) is 3.51. The molecule has 0 saturated heterocycles. The molecular weight excluding hydrogens is 80.0 g/mol. The van der Waals surface area contributed by atoms with Crippen LogP contribution in [0.3, 0.4) is 0 Å². The Hall–Kier alpha value is -0.730. The van der Waals surface area contributed by atoms with Crippen LogP contribution in [0.25, 0.3) is 5.53 Å². The molecule has 34 valence electrons. The maximum absolute atomic E-state index is 9.79. The number of ketones is 1. The van der Waals surface area contributed by atoms with Gasteiger partial charge in [-0.25, -0.2) is 0 Å². The third-order valence-electron chi connectivity index (χ3n) is 0.293. The maximum atomic E-state index is 9.79. The number of carbonyl (C=O) groups excluding carboxylic acids is 1. The first-order valence-corrected chi connectivity index (χ1v) is 1.57. The number of hydrogen-bond donors (Lipinski definition) is 0. The number of nitrogens with zero attached hydrogens (tertiary/aromatic N) is 2. The standard InChI is InChI=1S/C3H5N2O/c1-3(6)2-5-4/h2H2,1H3/q-1. The van der Waals surface area contributed by atoms with E-state index in [4.69, 9.17) is 5.53 Å². The van der Waals surface area contributed by atoms with Crippen molar-refractivity contribution in [2.24, 2.45) is 5.11 Å². The quantitative estimate of drug-likeness (QED) is 0.453. The number of carbonyl (C=O) groups is 1. The van der Waals surface area contributed by atoms with Crippen molar-refractivity contribution in [2.45, 2.75) is 6.92 Å². The summed E-state index contributed by atoms with van der Waals surface area (Å²) in [6.07, 6.45) is 0. The molecule has 0 unspecified atom stereocenters. The molecule has 0 spiro atoms. The lowest BCUT2D eigenvalue weighted by Gasteiger charge is -1.84. The van der Waals surface area contributed by atoms with Gasteiger partial charge in [-0.3, -0.25) is 4.79 Å². The Morgan fingerprint density at radius 2 is 2.50 bits per heavy atom. The fraction of sp³-hybridized carbons (Fsp3) is 0.667. The van der Waals surface area contributed by atoms with E-state index in [1.807, 2.05) is 0 Å². The second-order valence-corrected chi connectivity index (χ2v) is 1.00. The van der Waals surface area contributed by atoms with Crippen LogP contribution in [0.4, 0.5) is 0 Å². The second-order valence-electron chi connectivity index (χ2n) is 1.00. The number of hydrogen-bond acceptors (Lipinski definition) is 2. The Balaban J connectivity index is 3.05. The lowest BCUT2D eigenvalue weighted by atomic mass is 10.5. The van der Waals surface area contributed by atoms with Gasteiger partial charge in [-0.05, 0) is 6.92 Å². The largest absolute Gasteiger partial charge is 0.712 e. The predicted octanol–water partition coefficient (Wildman–Crippen LogP) is 0.597. The van der Waals surface area contributed by atoms with Crippen molar-refractivity contribution in [1.29, 1.82) is 0 Å². The average Bonchev–Trinajstić information content (AvgIpc) is 1.35. The second kappa shape index (κ2) is 2.50. The van der Waals surface area contributed by atoms with Gasteiger partial charge in [-0.1, -0.05) is 0 Å². The van der Waals surface area contributed by atoms with Crippen molar-refractivity contribution in [1.82, 2.24) is 0 Å². The highest BCUT2D eigenvalue weighted by Gasteiger charge is 1.78. The first kappa shape index (κ1) is 5.27. The summed E-state index contributed by atoms with van der Waals surface area (Å²) >= 11 is 0. The molecule has 0 aromatic heterocycles. The molecule has 0 saturated carbocycles. The summed E-state index contributed by atoms with van der Waals surface area (Å²) in [7, 11) is 0. The Labute approximate surface area is 35.9 Å². The van der Waals surface area contributed by atoms with E-state index in [1.54, 1.807) is 0 Å². The van der Waals surface area contributed by atoms with Crippen LogP contribution in [0, 0.1) is 0 Å². The summed E-state index contributed by atoms with van der Waals surface area (Å²) < 4.78 is 0. The van der Waals surface area contributed by atoms with Gasteiger partial charge in [0.2, 0.25) is 0 Å². The smallest absolute Gasteiger partial charge is 0.149 e. The van der Waals surface area contributed by atoms with E-state index in [1.165, 1.54) is 6.92 Å². The highest BCUT2D eigenvalue weighted by atomic mass is 16.1. The molecular formula is C3H5N2O-. The van der Waals surface area contributed by atoms with Crippen molar-refractivity contribution in [3.63, 3.8) is 0 Å². The molecule has 0 aromatic carbocycles. The molecule has 0 fully saturated rings. The Bertz CT molecular complexity index is 69.2. The van der Waals surface area contributed by atoms with Crippen LogP contribution in [0.15, 0.2) is 5.11 Å². The van der Waals surface area contributed by atoms with E-state index in [9.17, 15) is 4.79 Å². The minimum Gasteiger partial charge on any atom is -0.712 e. The predicted molar refractivity (Wildman–Crippen MR) is 21.3 cm³/mol. The SMILES string of the molecule is CC(=O)CN=[N-]. The van der Waals surface area contributed by atoms with Crippen molar-refractivity contribution < 1.29 is 4.79 Å². The van der Waals surface area contributed by atoms with Gasteiger partial charge in [0.1, 0.15) is 5.78 Å². The minimum atomic E-state index is -0.127. The van der Waals surface area contributed by atoms with E-state index in [-0.39, 0.29) is 12.3 Å². The molecule has 3 heteroatoms. The summed E-state index contributed by atoms with van der Waals surface area (Å²) in [6.45, 7) is 1.28. The topological polar surface area (TPSA) is 51.7 Å². The van der Waals surface area contributed by atoms with Crippen molar-refractivity contribution in [3.05, 3.63) is 5.53 Å². The monoisotopic (exact) mass is 85.0 g/mol. The lowest BCUT2D eigenvalue weighted by Crippen LogP contribution is -1.91. The first-order chi connectivity index (χ1) is 2.77. The van der Waals surface area contributed by atoms with Crippen LogP contribution in [-0.2, 0) is 4.79 Å². The molecule has 0 rings (SSSR count). The Morgan fingerprint density at radius 1 is 2.00 bits per heavy atom. The highest BCUT2D eigenvalue weighted by Crippen LogP contribution is 1.67. The van der Waals surface area contributed by atoms with E-state index < -0.39 is 0 Å². The van der Waals surface area contributed by atoms with E-state index in [0.717, 1.165) is 0 Å². The van der Waals surface area contributed by atoms with Crippen molar-refractivity contribution in [3.8, 4) is 0 Å². The molecule has 0 amide bonds. The molecule has 0 bridgehead atoms. The molecule has 0 aliphatic carbocycles. The summed E-state index contributed by atoms with van der Waals surface area (Å²) in [5.74, 6) is -0.127. The lowest BCUT2D eigenvalue weighted by molar-refractivity contribution is -0.115. The summed E-state index contributed by atoms with van der Waals surface area (Å²) in [6, 6.07) is 0. The van der Waals surface area contributed by atoms with Gasteiger partial charge in [-0.2, -0.15) is 0 Å². The van der Waals surface area contributed by atoms with E-state index >= 15 is 0 Å². The summed E-state index contributed by atoms with van der Waals surface area (Å²) in [5.41, 5.74) is 7.64. The van der Waals surface area contributed by atoms with Crippen molar-refractivity contribution in [2.75, 3.05) is 6.54 Å². The summed E-state index contributed by atoms with van der Waals surface area (Å²) in [5, 5.41) is 2.59. The first-order valence-electron chi connectivity index (χ1n) is 1.57. The van der Waals surface area contributed by atoms with Crippen LogP contribution in [0.5, 0.6) is 0 Å². The van der Waals surface area contributed by atoms with Crippen LogP contribution in [-0.4, -0.2) is 12.3 Å². The third kappa shape index (κ3) is 3.27. The van der Waals surface area contributed by atoms with Crippen molar-refractivity contribution >= 4 is 5.78 Å². The van der Waals surface area contributed by atoms with Gasteiger partial charge in [0.15, 0.2) is 0 Å². The van der Waals surface area contributed by atoms with Gasteiger partial charge in [0.25, 0.3) is 0 Å². The molecule has 0 atom stereocenters. The highest BCUT2D eigenvalue weighted by molar-refractivity contribution is 5.77. The Morgan fingerprint density at radius 3 is 2.50 bits per heavy atom. The molecule has 6 heavy (non-hydrogen) atoms. The average molecular weight is 85.1 g/mol. The normalized spacial score (nSPS) is 7.50. The van der Waals surface area contributed by atoms with Gasteiger partial charge in [-0.15, -0.1) is 0 Å². The third-order valence-corrected chi connectivity index (χ3v) is 0.293. The zero-order chi connectivity index (χ0) is 4.99. The maximum Gasteiger partial charge on any atom is 0.149 e. The Kier molecular flexibility index (Phi) is 2.20. The van der Waals surface area contributed by atoms with Crippen LogP contribution in [0.2, 0.25) is 0 Å². The molecule has 0 aromatic rings. The number of Topliss-reactive ketones (excluding diaryl/α,β-unsaturated/α-hetero) is 1. The molecule has 0 aliphatic heterocycles. The molecule has 3 nitrogen and oxygen atoms in total. The fourth-order valence-electron chi connectivity index (χ4n) is 0.0996. The van der Waals surface area contributed by atoms with Gasteiger partial charge in [0, 0.05) is 0 Å². The van der Waals surface area contributed by atoms with Crippen LogP contribution < -0.4 is 0 Å². The van der Waals surface area contributed by atoms with Crippen LogP contribution >= 0.6 is 0 Å². The number of rotatable bonds is 2. The van der Waals surface area contributed by atoms with Gasteiger partial charge in [0.05, 0.1) is 6.54 Å². The van der Waals surface area contributed by atoms with E-state index in [2.05, 4.69) is 5.11 Å². The van der Waals surface area contributed by atoms with Gasteiger partial charge >= 0.3 is 0 Å². The zero-order valence-corrected chi connectivity index (χ0v) is 3.51. The molecule has 0 aliphatic rings. The van der Waals surface area contributed by atoms with Crippen LogP contribution in [0.1, 0.15) is 6.92 Å². The fourth-order valence-corrected chi connectivity index (χ4v) is 0.0996. The van der Waals surface area contributed by atoms with E-state index in [0.29, 0.717) is 0 Å². The van der Waals surface area contributed by atoms with Gasteiger partial charge < -0.3 is 10.6 Å².